The van der Waals surface area contributed by atoms with Crippen LogP contribution in [0, 0.1) is 0 Å². The SMILES string of the molecule is c1ccc(-c2cccc(-c3c4ccccc4c(-c4cccc5cc6c(ccc7ccccc76)cc45)c4ccccc34)c2)cc1. The van der Waals surface area contributed by atoms with Gasteiger partial charge in [-0.1, -0.05) is 152 Å². The van der Waals surface area contributed by atoms with Crippen molar-refractivity contribution in [3.05, 3.63) is 170 Å². The summed E-state index contributed by atoms with van der Waals surface area (Å²) in [7, 11) is 0. The Bertz CT molecular complexity index is 2480. The molecule has 0 spiro atoms. The molecule has 0 nitrogen and oxygen atoms in total. The number of fused-ring (bicyclic) bond motifs is 6. The van der Waals surface area contributed by atoms with E-state index in [9.17, 15) is 0 Å². The third-order valence-electron chi connectivity index (χ3n) is 9.20. The molecule has 0 atom stereocenters. The molecule has 0 aliphatic heterocycles. The van der Waals surface area contributed by atoms with E-state index in [2.05, 4.69) is 170 Å². The molecule has 0 amide bonds. The topological polar surface area (TPSA) is 0 Å². The molecule has 204 valence electrons. The van der Waals surface area contributed by atoms with E-state index in [0.29, 0.717) is 0 Å². The van der Waals surface area contributed by atoms with E-state index >= 15 is 0 Å². The van der Waals surface area contributed by atoms with Crippen molar-refractivity contribution in [2.45, 2.75) is 0 Å². The zero-order valence-electron chi connectivity index (χ0n) is 24.2. The minimum absolute atomic E-state index is 1.23. The van der Waals surface area contributed by atoms with Gasteiger partial charge < -0.3 is 0 Å². The van der Waals surface area contributed by atoms with E-state index in [-0.39, 0.29) is 0 Å². The third kappa shape index (κ3) is 3.85. The second-order valence-corrected chi connectivity index (χ2v) is 11.7. The molecule has 0 saturated heterocycles. The highest BCUT2D eigenvalue weighted by atomic mass is 14.2. The van der Waals surface area contributed by atoms with Crippen LogP contribution in [0.25, 0.3) is 87.2 Å². The summed E-state index contributed by atoms with van der Waals surface area (Å²) < 4.78 is 0. The Kier molecular flexibility index (Phi) is 5.61. The summed E-state index contributed by atoms with van der Waals surface area (Å²) in [6.45, 7) is 0. The van der Waals surface area contributed by atoms with E-state index < -0.39 is 0 Å². The molecule has 0 N–H and O–H groups in total. The molecule has 0 radical (unpaired) electrons. The van der Waals surface area contributed by atoms with Crippen LogP contribution in [0.4, 0.5) is 0 Å². The summed E-state index contributed by atoms with van der Waals surface area (Å²) in [6, 6.07) is 62.3. The Morgan fingerprint density at radius 2 is 0.727 bits per heavy atom. The van der Waals surface area contributed by atoms with E-state index in [1.807, 2.05) is 0 Å². The average Bonchev–Trinajstić information content (AvgIpc) is 3.10. The number of benzene rings is 9. The largest absolute Gasteiger partial charge is 0.0622 e. The van der Waals surface area contributed by atoms with Gasteiger partial charge in [0, 0.05) is 0 Å². The molecule has 0 unspecified atom stereocenters. The van der Waals surface area contributed by atoms with Crippen molar-refractivity contribution in [2.75, 3.05) is 0 Å². The van der Waals surface area contributed by atoms with Crippen LogP contribution in [-0.4, -0.2) is 0 Å². The van der Waals surface area contributed by atoms with E-state index in [0.717, 1.165) is 0 Å². The summed E-state index contributed by atoms with van der Waals surface area (Å²) in [5, 5.41) is 12.8. The zero-order chi connectivity index (χ0) is 29.0. The highest BCUT2D eigenvalue weighted by Gasteiger charge is 2.18. The number of hydrogen-bond acceptors (Lipinski definition) is 0. The molecule has 9 rings (SSSR count). The van der Waals surface area contributed by atoms with Crippen LogP contribution in [0.3, 0.4) is 0 Å². The van der Waals surface area contributed by atoms with Gasteiger partial charge in [-0.3, -0.25) is 0 Å². The lowest BCUT2D eigenvalue weighted by atomic mass is 9.84. The molecule has 0 aliphatic rings. The van der Waals surface area contributed by atoms with Crippen LogP contribution >= 0.6 is 0 Å². The van der Waals surface area contributed by atoms with Crippen molar-refractivity contribution >= 4 is 53.9 Å². The minimum Gasteiger partial charge on any atom is -0.0622 e. The van der Waals surface area contributed by atoms with Crippen LogP contribution in [-0.2, 0) is 0 Å². The maximum atomic E-state index is 2.40. The summed E-state index contributed by atoms with van der Waals surface area (Å²) in [5.74, 6) is 0. The van der Waals surface area contributed by atoms with Crippen molar-refractivity contribution in [3.8, 4) is 33.4 Å². The number of rotatable bonds is 3. The number of hydrogen-bond donors (Lipinski definition) is 0. The fraction of sp³-hybridized carbons (Fsp3) is 0. The maximum Gasteiger partial charge on any atom is -0.00201 e. The van der Waals surface area contributed by atoms with Gasteiger partial charge in [-0.15, -0.1) is 0 Å². The van der Waals surface area contributed by atoms with Crippen LogP contribution in [0.1, 0.15) is 0 Å². The van der Waals surface area contributed by atoms with Gasteiger partial charge in [0.15, 0.2) is 0 Å². The lowest BCUT2D eigenvalue weighted by Crippen LogP contribution is -1.92. The first kappa shape index (κ1) is 24.8. The summed E-state index contributed by atoms with van der Waals surface area (Å²) in [6.07, 6.45) is 0. The van der Waals surface area contributed by atoms with Gasteiger partial charge in [-0.05, 0) is 105 Å². The zero-order valence-corrected chi connectivity index (χ0v) is 24.2. The smallest absolute Gasteiger partial charge is 0.00201 e. The molecule has 9 aromatic carbocycles. The van der Waals surface area contributed by atoms with E-state index in [1.165, 1.54) is 87.2 Å². The molecule has 0 aliphatic carbocycles. The minimum atomic E-state index is 1.23. The van der Waals surface area contributed by atoms with Crippen LogP contribution in [0.2, 0.25) is 0 Å². The molecule has 0 fully saturated rings. The van der Waals surface area contributed by atoms with Crippen molar-refractivity contribution in [2.24, 2.45) is 0 Å². The van der Waals surface area contributed by atoms with Crippen molar-refractivity contribution in [3.63, 3.8) is 0 Å². The van der Waals surface area contributed by atoms with Crippen LogP contribution in [0.15, 0.2) is 170 Å². The van der Waals surface area contributed by atoms with Gasteiger partial charge in [0.05, 0.1) is 0 Å². The first-order valence-corrected chi connectivity index (χ1v) is 15.3. The lowest BCUT2D eigenvalue weighted by molar-refractivity contribution is 1.61. The Morgan fingerprint density at radius 1 is 0.227 bits per heavy atom. The Balaban J connectivity index is 1.36. The van der Waals surface area contributed by atoms with Crippen LogP contribution in [0.5, 0.6) is 0 Å². The molecular weight excluding hydrogens is 528 g/mol. The lowest BCUT2D eigenvalue weighted by Gasteiger charge is -2.19. The molecule has 0 heteroatoms. The Morgan fingerprint density at radius 3 is 1.48 bits per heavy atom. The first-order valence-electron chi connectivity index (χ1n) is 15.3. The Hall–Kier alpha value is -5.72. The fourth-order valence-corrected chi connectivity index (χ4v) is 7.21. The van der Waals surface area contributed by atoms with Gasteiger partial charge >= 0.3 is 0 Å². The second-order valence-electron chi connectivity index (χ2n) is 11.7. The molecule has 44 heavy (non-hydrogen) atoms. The normalized spacial score (nSPS) is 11.6. The highest BCUT2D eigenvalue weighted by Crippen LogP contribution is 2.46. The highest BCUT2D eigenvalue weighted by molar-refractivity contribution is 6.24. The molecule has 0 aromatic heterocycles. The molecule has 0 bridgehead atoms. The van der Waals surface area contributed by atoms with E-state index in [4.69, 9.17) is 0 Å². The monoisotopic (exact) mass is 556 g/mol. The predicted molar refractivity (Wildman–Crippen MR) is 190 cm³/mol. The van der Waals surface area contributed by atoms with Gasteiger partial charge in [0.25, 0.3) is 0 Å². The average molecular weight is 557 g/mol. The standard InChI is InChI=1S/C44H28/c1-2-12-29(13-3-1)31-15-10-17-34(26-31)43-36-19-6-8-21-38(36)44(39-22-9-7-20-37(39)43)40-23-11-16-32-27-41-33(28-42(32)40)25-24-30-14-4-5-18-35(30)41/h1-28H. The van der Waals surface area contributed by atoms with E-state index in [1.54, 1.807) is 0 Å². The van der Waals surface area contributed by atoms with Gasteiger partial charge in [0.2, 0.25) is 0 Å². The van der Waals surface area contributed by atoms with Crippen molar-refractivity contribution in [1.82, 2.24) is 0 Å². The Labute approximate surface area is 256 Å². The van der Waals surface area contributed by atoms with Gasteiger partial charge in [-0.2, -0.15) is 0 Å². The quantitative estimate of drug-likeness (QED) is 0.150. The second kappa shape index (κ2) is 9.93. The summed E-state index contributed by atoms with van der Waals surface area (Å²) >= 11 is 0. The van der Waals surface area contributed by atoms with Gasteiger partial charge in [0.1, 0.15) is 0 Å². The molecule has 0 heterocycles. The van der Waals surface area contributed by atoms with Crippen molar-refractivity contribution < 1.29 is 0 Å². The summed E-state index contributed by atoms with van der Waals surface area (Å²) in [4.78, 5) is 0. The molecular formula is C44H28. The fourth-order valence-electron chi connectivity index (χ4n) is 7.21. The van der Waals surface area contributed by atoms with Crippen molar-refractivity contribution in [1.29, 1.82) is 0 Å². The molecule has 9 aromatic rings. The van der Waals surface area contributed by atoms with Gasteiger partial charge in [-0.25, -0.2) is 0 Å². The molecule has 0 saturated carbocycles. The third-order valence-corrected chi connectivity index (χ3v) is 9.20. The maximum absolute atomic E-state index is 2.40. The van der Waals surface area contributed by atoms with Crippen LogP contribution < -0.4 is 0 Å². The first-order chi connectivity index (χ1) is 21.8. The summed E-state index contributed by atoms with van der Waals surface area (Å²) in [5.41, 5.74) is 7.56. The predicted octanol–water partition coefficient (Wildman–Crippen LogP) is 12.5.